The third kappa shape index (κ3) is 3.07. The van der Waals surface area contributed by atoms with Crippen LogP contribution in [0.5, 0.6) is 0 Å². The number of hydrogen-bond acceptors (Lipinski definition) is 5. The van der Waals surface area contributed by atoms with Gasteiger partial charge in [0.1, 0.15) is 23.6 Å². The molecule has 0 radical (unpaired) electrons. The molecule has 0 aliphatic heterocycles. The van der Waals surface area contributed by atoms with Crippen molar-refractivity contribution in [3.8, 4) is 11.5 Å². The van der Waals surface area contributed by atoms with Gasteiger partial charge in [0.2, 0.25) is 0 Å². The zero-order chi connectivity index (χ0) is 15.7. The second-order valence-electron chi connectivity index (χ2n) is 4.72. The number of hydrogen-bond donors (Lipinski definition) is 1. The number of nitrogens with one attached hydrogen (secondary N) is 1. The molecule has 112 valence electrons. The minimum Gasteiger partial charge on any atom is -0.449 e. The minimum absolute atomic E-state index is 0.243. The van der Waals surface area contributed by atoms with E-state index in [-0.39, 0.29) is 5.69 Å². The SMILES string of the molecule is Cc1cc(Nc2cc(Cl)ccc2F)nc(-c2coc(C)n2)n1. The third-order valence-electron chi connectivity index (χ3n) is 2.89. The molecule has 5 nitrogen and oxygen atoms in total. The smallest absolute Gasteiger partial charge is 0.191 e. The van der Waals surface area contributed by atoms with E-state index in [9.17, 15) is 4.39 Å². The Labute approximate surface area is 131 Å². The van der Waals surface area contributed by atoms with Crippen molar-refractivity contribution in [1.82, 2.24) is 15.0 Å². The van der Waals surface area contributed by atoms with Gasteiger partial charge in [-0.15, -0.1) is 0 Å². The molecule has 22 heavy (non-hydrogen) atoms. The molecule has 1 aromatic carbocycles. The van der Waals surface area contributed by atoms with Gasteiger partial charge < -0.3 is 9.73 Å². The Bertz CT molecular complexity index is 834. The van der Waals surface area contributed by atoms with E-state index in [1.807, 2.05) is 6.92 Å². The fraction of sp³-hybridized carbons (Fsp3) is 0.133. The van der Waals surface area contributed by atoms with Gasteiger partial charge in [-0.05, 0) is 25.1 Å². The lowest BCUT2D eigenvalue weighted by atomic mass is 10.3. The van der Waals surface area contributed by atoms with Crippen LogP contribution < -0.4 is 5.32 Å². The van der Waals surface area contributed by atoms with Crippen molar-refractivity contribution >= 4 is 23.1 Å². The van der Waals surface area contributed by atoms with Crippen molar-refractivity contribution in [3.05, 3.63) is 53.0 Å². The molecule has 3 aromatic rings. The Morgan fingerprint density at radius 1 is 1.14 bits per heavy atom. The third-order valence-corrected chi connectivity index (χ3v) is 3.13. The van der Waals surface area contributed by atoms with E-state index in [1.165, 1.54) is 24.5 Å². The molecule has 0 atom stereocenters. The van der Waals surface area contributed by atoms with E-state index < -0.39 is 5.82 Å². The van der Waals surface area contributed by atoms with Crippen LogP contribution in [0.25, 0.3) is 11.5 Å². The molecular formula is C15H12ClFN4O. The van der Waals surface area contributed by atoms with Crippen LogP contribution in [-0.2, 0) is 0 Å². The normalized spacial score (nSPS) is 10.7. The maximum atomic E-state index is 13.8. The summed E-state index contributed by atoms with van der Waals surface area (Å²) in [6, 6.07) is 5.97. The highest BCUT2D eigenvalue weighted by Crippen LogP contribution is 2.24. The molecule has 0 aliphatic rings. The molecule has 0 aliphatic carbocycles. The second-order valence-corrected chi connectivity index (χ2v) is 5.16. The van der Waals surface area contributed by atoms with Crippen LogP contribution in [0.4, 0.5) is 15.9 Å². The van der Waals surface area contributed by atoms with Gasteiger partial charge in [-0.3, -0.25) is 0 Å². The number of benzene rings is 1. The second kappa shape index (κ2) is 5.73. The van der Waals surface area contributed by atoms with E-state index in [0.29, 0.717) is 28.2 Å². The van der Waals surface area contributed by atoms with Gasteiger partial charge in [0.25, 0.3) is 0 Å². The summed E-state index contributed by atoms with van der Waals surface area (Å²) in [5, 5.41) is 3.33. The molecule has 2 heterocycles. The largest absolute Gasteiger partial charge is 0.449 e. The molecule has 0 fully saturated rings. The summed E-state index contributed by atoms with van der Waals surface area (Å²) in [5.74, 6) is 0.959. The van der Waals surface area contributed by atoms with Gasteiger partial charge in [0, 0.05) is 23.7 Å². The highest BCUT2D eigenvalue weighted by Gasteiger charge is 2.11. The monoisotopic (exact) mass is 318 g/mol. The van der Waals surface area contributed by atoms with E-state index in [1.54, 1.807) is 13.0 Å². The molecular weight excluding hydrogens is 307 g/mol. The van der Waals surface area contributed by atoms with Gasteiger partial charge in [-0.2, -0.15) is 0 Å². The minimum atomic E-state index is -0.417. The average molecular weight is 319 g/mol. The first kappa shape index (κ1) is 14.5. The van der Waals surface area contributed by atoms with Crippen LogP contribution in [0, 0.1) is 19.7 Å². The van der Waals surface area contributed by atoms with Crippen LogP contribution >= 0.6 is 11.6 Å². The number of anilines is 2. The maximum Gasteiger partial charge on any atom is 0.191 e. The molecule has 0 amide bonds. The summed E-state index contributed by atoms with van der Waals surface area (Å²) in [6.07, 6.45) is 1.48. The van der Waals surface area contributed by atoms with Crippen LogP contribution in [-0.4, -0.2) is 15.0 Å². The predicted octanol–water partition coefficient (Wildman–Crippen LogP) is 4.28. The van der Waals surface area contributed by atoms with Crippen molar-refractivity contribution in [3.63, 3.8) is 0 Å². The topological polar surface area (TPSA) is 63.8 Å². The summed E-state index contributed by atoms with van der Waals surface area (Å²) in [5.41, 5.74) is 1.49. The molecule has 0 bridgehead atoms. The van der Waals surface area contributed by atoms with Gasteiger partial charge >= 0.3 is 0 Å². The van der Waals surface area contributed by atoms with E-state index >= 15 is 0 Å². The predicted molar refractivity (Wildman–Crippen MR) is 81.7 cm³/mol. The van der Waals surface area contributed by atoms with E-state index in [2.05, 4.69) is 20.3 Å². The van der Waals surface area contributed by atoms with Crippen molar-refractivity contribution < 1.29 is 8.81 Å². The Balaban J connectivity index is 1.97. The fourth-order valence-corrected chi connectivity index (χ4v) is 2.12. The van der Waals surface area contributed by atoms with E-state index in [0.717, 1.165) is 5.69 Å². The Kier molecular flexibility index (Phi) is 3.77. The van der Waals surface area contributed by atoms with Crippen LogP contribution in [0.2, 0.25) is 5.02 Å². The van der Waals surface area contributed by atoms with Gasteiger partial charge in [-0.25, -0.2) is 19.3 Å². The van der Waals surface area contributed by atoms with Crippen molar-refractivity contribution in [2.24, 2.45) is 0 Å². The summed E-state index contributed by atoms with van der Waals surface area (Å²) >= 11 is 5.88. The van der Waals surface area contributed by atoms with Crippen molar-refractivity contribution in [2.45, 2.75) is 13.8 Å². The highest BCUT2D eigenvalue weighted by molar-refractivity contribution is 6.30. The lowest BCUT2D eigenvalue weighted by molar-refractivity contribution is 0.521. The lowest BCUT2D eigenvalue weighted by Crippen LogP contribution is -2.00. The first-order valence-electron chi connectivity index (χ1n) is 6.51. The average Bonchev–Trinajstić information content (AvgIpc) is 2.89. The molecule has 7 heteroatoms. The Morgan fingerprint density at radius 2 is 1.95 bits per heavy atom. The zero-order valence-electron chi connectivity index (χ0n) is 11.9. The molecule has 0 unspecified atom stereocenters. The van der Waals surface area contributed by atoms with Crippen molar-refractivity contribution in [1.29, 1.82) is 0 Å². The van der Waals surface area contributed by atoms with Crippen molar-refractivity contribution in [2.75, 3.05) is 5.32 Å². The Morgan fingerprint density at radius 3 is 2.68 bits per heavy atom. The fourth-order valence-electron chi connectivity index (χ4n) is 1.94. The number of rotatable bonds is 3. The lowest BCUT2D eigenvalue weighted by Gasteiger charge is -2.09. The van der Waals surface area contributed by atoms with Gasteiger partial charge in [0.15, 0.2) is 11.7 Å². The molecule has 3 rings (SSSR count). The Hall–Kier alpha value is -2.47. The molecule has 0 saturated carbocycles. The molecule has 0 saturated heterocycles. The van der Waals surface area contributed by atoms with Crippen LogP contribution in [0.1, 0.15) is 11.6 Å². The van der Waals surface area contributed by atoms with Gasteiger partial charge in [0.05, 0.1) is 5.69 Å². The van der Waals surface area contributed by atoms with Crippen LogP contribution in [0.15, 0.2) is 34.9 Å². The molecule has 1 N–H and O–H groups in total. The standard InChI is InChI=1S/C15H12ClFN4O/c1-8-5-14(20-12-6-10(16)3-4-11(12)17)21-15(18-8)13-7-22-9(2)19-13/h3-7H,1-2H3,(H,18,20,21). The summed E-state index contributed by atoms with van der Waals surface area (Å²) in [6.45, 7) is 3.55. The summed E-state index contributed by atoms with van der Waals surface area (Å²) < 4.78 is 19.0. The first-order valence-corrected chi connectivity index (χ1v) is 6.89. The van der Waals surface area contributed by atoms with E-state index in [4.69, 9.17) is 16.0 Å². The number of nitrogens with zero attached hydrogens (tertiary/aromatic N) is 3. The number of halogens is 2. The molecule has 0 spiro atoms. The first-order chi connectivity index (χ1) is 10.5. The summed E-state index contributed by atoms with van der Waals surface area (Å²) in [7, 11) is 0. The quantitative estimate of drug-likeness (QED) is 0.780. The number of aryl methyl sites for hydroxylation is 2. The van der Waals surface area contributed by atoms with Crippen LogP contribution in [0.3, 0.4) is 0 Å². The highest BCUT2D eigenvalue weighted by atomic mass is 35.5. The number of aromatic nitrogens is 3. The maximum absolute atomic E-state index is 13.8. The zero-order valence-corrected chi connectivity index (χ0v) is 12.6. The molecule has 2 aromatic heterocycles. The number of oxazole rings is 1. The summed E-state index contributed by atoms with van der Waals surface area (Å²) in [4.78, 5) is 12.8. The van der Waals surface area contributed by atoms with Gasteiger partial charge in [-0.1, -0.05) is 11.6 Å².